The maximum atomic E-state index is 11.1. The summed E-state index contributed by atoms with van der Waals surface area (Å²) in [6.45, 7) is 0. The molecule has 2 aromatic rings. The topological polar surface area (TPSA) is 54.4 Å². The van der Waals surface area contributed by atoms with Gasteiger partial charge in [0, 0.05) is 11.8 Å². The minimum atomic E-state index is -3.90. The zero-order chi connectivity index (χ0) is 15.3. The maximum Gasteiger partial charge on any atom is 0.264 e. The lowest BCUT2D eigenvalue weighted by atomic mass is 9.58. The lowest BCUT2D eigenvalue weighted by molar-refractivity contribution is 0.344. The molecule has 3 aliphatic carbocycles. The summed E-state index contributed by atoms with van der Waals surface area (Å²) in [5.74, 6) is 0.727. The van der Waals surface area contributed by atoms with Crippen LogP contribution in [0.5, 0.6) is 0 Å². The fourth-order valence-corrected chi connectivity index (χ4v) is 4.94. The van der Waals surface area contributed by atoms with Gasteiger partial charge in [0.15, 0.2) is 0 Å². The van der Waals surface area contributed by atoms with Crippen molar-refractivity contribution in [3.8, 4) is 0 Å². The van der Waals surface area contributed by atoms with Gasteiger partial charge in [0.1, 0.15) is 0 Å². The van der Waals surface area contributed by atoms with Crippen LogP contribution in [0, 0.1) is 5.92 Å². The van der Waals surface area contributed by atoms with Crippen LogP contribution in [0.3, 0.4) is 0 Å². The van der Waals surface area contributed by atoms with Crippen molar-refractivity contribution >= 4 is 10.1 Å². The van der Waals surface area contributed by atoms with Gasteiger partial charge in [-0.25, -0.2) is 0 Å². The van der Waals surface area contributed by atoms with Crippen molar-refractivity contribution in [2.24, 2.45) is 5.92 Å². The largest absolute Gasteiger partial charge is 0.286 e. The van der Waals surface area contributed by atoms with E-state index in [4.69, 9.17) is 4.55 Å². The Kier molecular flexibility index (Phi) is 3.13. The second-order valence-corrected chi connectivity index (χ2v) is 7.93. The molecule has 0 heterocycles. The van der Waals surface area contributed by atoms with E-state index in [1.165, 1.54) is 22.3 Å². The lowest BCUT2D eigenvalue weighted by Crippen LogP contribution is -2.33. The van der Waals surface area contributed by atoms with Gasteiger partial charge < -0.3 is 0 Å². The third-order valence-electron chi connectivity index (χ3n) is 5.17. The molecule has 3 aliphatic rings. The van der Waals surface area contributed by atoms with Crippen LogP contribution in [0.25, 0.3) is 0 Å². The van der Waals surface area contributed by atoms with Crippen molar-refractivity contribution in [3.05, 3.63) is 70.8 Å². The highest BCUT2D eigenvalue weighted by Gasteiger charge is 2.42. The third-order valence-corrected chi connectivity index (χ3v) is 5.92. The Labute approximate surface area is 130 Å². The molecular formula is C18H18O3S. The van der Waals surface area contributed by atoms with E-state index >= 15 is 0 Å². The van der Waals surface area contributed by atoms with Crippen LogP contribution in [-0.2, 0) is 10.1 Å². The Bertz CT molecular complexity index is 778. The second kappa shape index (κ2) is 4.93. The van der Waals surface area contributed by atoms with Crippen molar-refractivity contribution in [3.63, 3.8) is 0 Å². The van der Waals surface area contributed by atoms with Crippen LogP contribution in [0.1, 0.15) is 46.9 Å². The molecule has 0 radical (unpaired) electrons. The normalized spacial score (nSPS) is 25.6. The first-order valence-corrected chi connectivity index (χ1v) is 9.28. The first-order valence-electron chi connectivity index (χ1n) is 7.67. The SMILES string of the molecule is O=S(=O)(O)CCC1CC2c3ccccc3C1c1ccccc12. The van der Waals surface area contributed by atoms with Gasteiger partial charge in [0.05, 0.1) is 5.75 Å². The molecule has 1 N–H and O–H groups in total. The average molecular weight is 314 g/mol. The highest BCUT2D eigenvalue weighted by molar-refractivity contribution is 7.85. The quantitative estimate of drug-likeness (QED) is 0.881. The average Bonchev–Trinajstić information content (AvgIpc) is 2.52. The predicted molar refractivity (Wildman–Crippen MR) is 85.7 cm³/mol. The molecule has 4 heteroatoms. The lowest BCUT2D eigenvalue weighted by Gasteiger charge is -2.45. The van der Waals surface area contributed by atoms with Crippen molar-refractivity contribution in [1.82, 2.24) is 0 Å². The minimum Gasteiger partial charge on any atom is -0.286 e. The van der Waals surface area contributed by atoms with E-state index in [0.29, 0.717) is 12.3 Å². The van der Waals surface area contributed by atoms with Gasteiger partial charge in [-0.05, 0) is 41.0 Å². The van der Waals surface area contributed by atoms with Crippen molar-refractivity contribution in [1.29, 1.82) is 0 Å². The summed E-state index contributed by atoms with van der Waals surface area (Å²) in [5.41, 5.74) is 5.43. The van der Waals surface area contributed by atoms with E-state index in [1.54, 1.807) is 0 Å². The number of rotatable bonds is 3. The van der Waals surface area contributed by atoms with Crippen LogP contribution in [0.2, 0.25) is 0 Å². The van der Waals surface area contributed by atoms with Crippen molar-refractivity contribution in [2.45, 2.75) is 24.7 Å². The molecule has 0 spiro atoms. The van der Waals surface area contributed by atoms with E-state index in [9.17, 15) is 8.42 Å². The maximum absolute atomic E-state index is 11.1. The first kappa shape index (κ1) is 14.0. The Morgan fingerprint density at radius 1 is 0.909 bits per heavy atom. The number of fused-ring (bicyclic) bond motifs is 1. The summed E-state index contributed by atoms with van der Waals surface area (Å²) in [6, 6.07) is 17.0. The number of benzene rings is 2. The van der Waals surface area contributed by atoms with Crippen LogP contribution in [0.15, 0.2) is 48.5 Å². The summed E-state index contributed by atoms with van der Waals surface area (Å²) >= 11 is 0. The Hall–Kier alpha value is -1.65. The molecule has 22 heavy (non-hydrogen) atoms. The molecule has 1 atom stereocenters. The molecule has 2 bridgehead atoms. The monoisotopic (exact) mass is 314 g/mol. The molecule has 3 nitrogen and oxygen atoms in total. The molecule has 0 fully saturated rings. The van der Waals surface area contributed by atoms with Gasteiger partial charge in [0.25, 0.3) is 10.1 Å². The fraction of sp³-hybridized carbons (Fsp3) is 0.333. The molecule has 0 amide bonds. The van der Waals surface area contributed by atoms with Gasteiger partial charge >= 0.3 is 0 Å². The molecule has 5 rings (SSSR count). The Morgan fingerprint density at radius 3 is 1.91 bits per heavy atom. The summed E-state index contributed by atoms with van der Waals surface area (Å²) in [7, 11) is -3.90. The van der Waals surface area contributed by atoms with Gasteiger partial charge in [-0.2, -0.15) is 8.42 Å². The van der Waals surface area contributed by atoms with Crippen molar-refractivity contribution < 1.29 is 13.0 Å². The van der Waals surface area contributed by atoms with Gasteiger partial charge in [-0.15, -0.1) is 0 Å². The molecule has 0 saturated carbocycles. The van der Waals surface area contributed by atoms with E-state index in [1.807, 2.05) is 0 Å². The molecular weight excluding hydrogens is 296 g/mol. The molecule has 2 aromatic carbocycles. The molecule has 1 unspecified atom stereocenters. The predicted octanol–water partition coefficient (Wildman–Crippen LogP) is 3.56. The Balaban J connectivity index is 1.79. The number of hydrogen-bond acceptors (Lipinski definition) is 2. The molecule has 114 valence electrons. The molecule has 0 saturated heterocycles. The first-order chi connectivity index (χ1) is 10.5. The molecule has 0 aliphatic heterocycles. The van der Waals surface area contributed by atoms with Gasteiger partial charge in [-0.3, -0.25) is 4.55 Å². The summed E-state index contributed by atoms with van der Waals surface area (Å²) in [5, 5.41) is 0. The van der Waals surface area contributed by atoms with Crippen LogP contribution < -0.4 is 0 Å². The Morgan fingerprint density at radius 2 is 1.41 bits per heavy atom. The van der Waals surface area contributed by atoms with E-state index in [2.05, 4.69) is 48.5 Å². The molecule has 0 aromatic heterocycles. The van der Waals surface area contributed by atoms with E-state index in [0.717, 1.165) is 6.42 Å². The highest BCUT2D eigenvalue weighted by Crippen LogP contribution is 2.56. The van der Waals surface area contributed by atoms with Crippen LogP contribution in [0.4, 0.5) is 0 Å². The smallest absolute Gasteiger partial charge is 0.264 e. The van der Waals surface area contributed by atoms with E-state index < -0.39 is 10.1 Å². The summed E-state index contributed by atoms with van der Waals surface area (Å²) in [4.78, 5) is 0. The highest BCUT2D eigenvalue weighted by atomic mass is 32.2. The summed E-state index contributed by atoms with van der Waals surface area (Å²) in [6.07, 6.45) is 1.48. The van der Waals surface area contributed by atoms with Gasteiger partial charge in [0.2, 0.25) is 0 Å². The van der Waals surface area contributed by atoms with Gasteiger partial charge in [-0.1, -0.05) is 48.5 Å². The van der Waals surface area contributed by atoms with Crippen LogP contribution >= 0.6 is 0 Å². The zero-order valence-corrected chi connectivity index (χ0v) is 13.0. The fourth-order valence-electron chi connectivity index (χ4n) is 4.34. The number of hydrogen-bond donors (Lipinski definition) is 1. The zero-order valence-electron chi connectivity index (χ0n) is 12.1. The van der Waals surface area contributed by atoms with Crippen LogP contribution in [-0.4, -0.2) is 18.7 Å². The standard InChI is InChI=1S/C18H18O3S/c19-22(20,21)10-9-12-11-17-13-5-1-3-7-15(13)18(12)16-8-4-2-6-14(16)17/h1-8,12,17-18H,9-11H2,(H,19,20,21). The second-order valence-electron chi connectivity index (χ2n) is 6.36. The third kappa shape index (κ3) is 2.18. The summed E-state index contributed by atoms with van der Waals surface area (Å²) < 4.78 is 31.3. The van der Waals surface area contributed by atoms with E-state index in [-0.39, 0.29) is 17.6 Å². The minimum absolute atomic E-state index is 0.148. The van der Waals surface area contributed by atoms with Crippen molar-refractivity contribution in [2.75, 3.05) is 5.75 Å².